The summed E-state index contributed by atoms with van der Waals surface area (Å²) in [5.41, 5.74) is 0. The van der Waals surface area contributed by atoms with E-state index in [0.717, 1.165) is 11.8 Å². The molecule has 3 amide bonds. The van der Waals surface area contributed by atoms with Gasteiger partial charge in [-0.1, -0.05) is 26.0 Å². The molecule has 0 aromatic rings. The molecule has 0 aromatic carbocycles. The molecule has 0 spiro atoms. The second-order valence-corrected chi connectivity index (χ2v) is 10.8. The van der Waals surface area contributed by atoms with Crippen LogP contribution in [0.5, 0.6) is 0 Å². The highest BCUT2D eigenvalue weighted by molar-refractivity contribution is 6.08. The van der Waals surface area contributed by atoms with E-state index in [1.165, 1.54) is 37.0 Å². The van der Waals surface area contributed by atoms with E-state index in [1.54, 1.807) is 0 Å². The highest BCUT2D eigenvalue weighted by atomic mass is 16.2. The molecule has 6 aliphatic rings. The number of likely N-dealkylation sites (tertiary alicyclic amines) is 1. The minimum Gasteiger partial charge on any atom is -0.351 e. The van der Waals surface area contributed by atoms with E-state index in [2.05, 4.69) is 19.2 Å². The number of rotatable bonds is 5. The number of hydrogen-bond acceptors (Lipinski definition) is 3. The van der Waals surface area contributed by atoms with E-state index < -0.39 is 6.04 Å². The molecular formula is C24H34N2O3. The summed E-state index contributed by atoms with van der Waals surface area (Å²) in [6.07, 6.45) is 12.1. The Kier molecular flexibility index (Phi) is 4.83. The van der Waals surface area contributed by atoms with Crippen molar-refractivity contribution in [3.8, 4) is 0 Å². The van der Waals surface area contributed by atoms with Gasteiger partial charge in [0.2, 0.25) is 17.7 Å². The Morgan fingerprint density at radius 2 is 1.48 bits per heavy atom. The number of carbonyl (C=O) groups is 3. The fourth-order valence-electron chi connectivity index (χ4n) is 7.33. The SMILES string of the molecule is CC(C)C[C@@H](C(=O)NC1C2CC3CC(C2)CC1C3)N1C(=O)[C@H]2CC=CC[C@H]2C1=O. The number of amides is 3. The monoisotopic (exact) mass is 398 g/mol. The highest BCUT2D eigenvalue weighted by Gasteiger charge is 2.53. The van der Waals surface area contributed by atoms with Crippen LogP contribution in [-0.2, 0) is 14.4 Å². The lowest BCUT2D eigenvalue weighted by molar-refractivity contribution is -0.149. The Morgan fingerprint density at radius 1 is 0.966 bits per heavy atom. The molecule has 5 nitrogen and oxygen atoms in total. The van der Waals surface area contributed by atoms with Crippen molar-refractivity contribution in [3.05, 3.63) is 12.2 Å². The van der Waals surface area contributed by atoms with Gasteiger partial charge in [0.25, 0.3) is 0 Å². The first-order valence-corrected chi connectivity index (χ1v) is 11.7. The lowest BCUT2D eigenvalue weighted by atomic mass is 9.54. The number of fused-ring (bicyclic) bond motifs is 1. The van der Waals surface area contributed by atoms with Gasteiger partial charge in [-0.2, -0.15) is 0 Å². The average Bonchev–Trinajstić information content (AvgIpc) is 2.93. The Morgan fingerprint density at radius 3 is 1.97 bits per heavy atom. The first kappa shape index (κ1) is 19.3. The number of nitrogens with one attached hydrogen (secondary N) is 1. The Labute approximate surface area is 173 Å². The molecule has 3 atom stereocenters. The van der Waals surface area contributed by atoms with Crippen molar-refractivity contribution in [1.82, 2.24) is 10.2 Å². The Balaban J connectivity index is 1.35. The summed E-state index contributed by atoms with van der Waals surface area (Å²) in [5, 5.41) is 3.37. The molecule has 6 rings (SSSR count). The van der Waals surface area contributed by atoms with Crippen LogP contribution in [0.3, 0.4) is 0 Å². The van der Waals surface area contributed by atoms with Crippen LogP contribution >= 0.6 is 0 Å². The van der Waals surface area contributed by atoms with Gasteiger partial charge in [0.15, 0.2) is 0 Å². The molecule has 5 heteroatoms. The van der Waals surface area contributed by atoms with Gasteiger partial charge >= 0.3 is 0 Å². The minimum atomic E-state index is -0.655. The van der Waals surface area contributed by atoms with Crippen LogP contribution in [0.4, 0.5) is 0 Å². The third kappa shape index (κ3) is 3.25. The zero-order chi connectivity index (χ0) is 20.3. The molecule has 29 heavy (non-hydrogen) atoms. The fraction of sp³-hybridized carbons (Fsp3) is 0.792. The maximum atomic E-state index is 13.5. The zero-order valence-corrected chi connectivity index (χ0v) is 17.7. The molecule has 5 fully saturated rings. The van der Waals surface area contributed by atoms with Crippen molar-refractivity contribution in [3.63, 3.8) is 0 Å². The molecule has 158 valence electrons. The topological polar surface area (TPSA) is 66.5 Å². The molecular weight excluding hydrogens is 364 g/mol. The molecule has 1 aliphatic heterocycles. The number of imide groups is 1. The molecule has 5 aliphatic carbocycles. The Hall–Kier alpha value is -1.65. The van der Waals surface area contributed by atoms with Gasteiger partial charge in [-0.05, 0) is 81.0 Å². The van der Waals surface area contributed by atoms with E-state index in [1.807, 2.05) is 12.2 Å². The van der Waals surface area contributed by atoms with Gasteiger partial charge in [0.05, 0.1) is 11.8 Å². The Bertz CT molecular complexity index is 688. The van der Waals surface area contributed by atoms with E-state index in [-0.39, 0.29) is 41.5 Å². The summed E-state index contributed by atoms with van der Waals surface area (Å²) in [6, 6.07) is -0.417. The van der Waals surface area contributed by atoms with Gasteiger partial charge < -0.3 is 5.32 Å². The minimum absolute atomic E-state index is 0.0931. The zero-order valence-electron chi connectivity index (χ0n) is 17.7. The van der Waals surface area contributed by atoms with Gasteiger partial charge in [0.1, 0.15) is 6.04 Å². The normalized spacial score (nSPS) is 41.2. The van der Waals surface area contributed by atoms with Crippen molar-refractivity contribution in [2.45, 2.75) is 77.3 Å². The van der Waals surface area contributed by atoms with Crippen LogP contribution in [0.15, 0.2) is 12.2 Å². The average molecular weight is 399 g/mol. The van der Waals surface area contributed by atoms with Crippen LogP contribution < -0.4 is 5.32 Å². The predicted molar refractivity (Wildman–Crippen MR) is 109 cm³/mol. The third-order valence-electron chi connectivity index (χ3n) is 8.39. The molecule has 1 N–H and O–H groups in total. The maximum Gasteiger partial charge on any atom is 0.243 e. The maximum absolute atomic E-state index is 13.5. The van der Waals surface area contributed by atoms with Crippen LogP contribution in [0, 0.1) is 41.4 Å². The van der Waals surface area contributed by atoms with Gasteiger partial charge in [0, 0.05) is 6.04 Å². The summed E-state index contributed by atoms with van der Waals surface area (Å²) in [6.45, 7) is 4.12. The molecule has 0 aromatic heterocycles. The van der Waals surface area contributed by atoms with E-state index in [0.29, 0.717) is 31.1 Å². The summed E-state index contributed by atoms with van der Waals surface area (Å²) in [7, 11) is 0. The fourth-order valence-corrected chi connectivity index (χ4v) is 7.33. The van der Waals surface area contributed by atoms with Crippen LogP contribution in [0.25, 0.3) is 0 Å². The van der Waals surface area contributed by atoms with Gasteiger partial charge in [-0.25, -0.2) is 0 Å². The lowest BCUT2D eigenvalue weighted by Crippen LogP contribution is -2.59. The summed E-state index contributed by atoms with van der Waals surface area (Å²) in [5.74, 6) is 2.25. The number of hydrogen-bond donors (Lipinski definition) is 1. The third-order valence-corrected chi connectivity index (χ3v) is 8.39. The van der Waals surface area contributed by atoms with E-state index in [9.17, 15) is 14.4 Å². The molecule has 0 unspecified atom stereocenters. The number of carbonyl (C=O) groups excluding carboxylic acids is 3. The second-order valence-electron chi connectivity index (χ2n) is 10.8. The molecule has 4 saturated carbocycles. The quantitative estimate of drug-likeness (QED) is 0.571. The van der Waals surface area contributed by atoms with Gasteiger partial charge in [-0.15, -0.1) is 0 Å². The van der Waals surface area contributed by atoms with Gasteiger partial charge in [-0.3, -0.25) is 19.3 Å². The molecule has 4 bridgehead atoms. The van der Waals surface area contributed by atoms with Crippen molar-refractivity contribution >= 4 is 17.7 Å². The second kappa shape index (κ2) is 7.24. The lowest BCUT2D eigenvalue weighted by Gasteiger charge is -2.54. The first-order valence-electron chi connectivity index (χ1n) is 11.7. The molecule has 0 radical (unpaired) electrons. The summed E-state index contributed by atoms with van der Waals surface area (Å²) < 4.78 is 0. The summed E-state index contributed by atoms with van der Waals surface area (Å²) in [4.78, 5) is 41.0. The van der Waals surface area contributed by atoms with Crippen LogP contribution in [-0.4, -0.2) is 34.7 Å². The highest BCUT2D eigenvalue weighted by Crippen LogP contribution is 2.53. The number of nitrogens with zero attached hydrogens (tertiary/aromatic N) is 1. The summed E-state index contributed by atoms with van der Waals surface area (Å²) >= 11 is 0. The van der Waals surface area contributed by atoms with Crippen LogP contribution in [0.2, 0.25) is 0 Å². The molecule has 1 heterocycles. The standard InChI is InChI=1S/C24H34N2O3/c1-13(2)7-20(26-23(28)18-5-3-4-6-19(18)24(26)29)22(27)25-21-16-9-14-8-15(11-16)12-17(21)10-14/h3-4,13-21H,5-12H2,1-2H3,(H,25,27)/t14?,15?,16?,17?,18-,19+,20-,21?/m0/s1. The number of allylic oxidation sites excluding steroid dienone is 2. The smallest absolute Gasteiger partial charge is 0.243 e. The molecule has 1 saturated heterocycles. The van der Waals surface area contributed by atoms with Crippen molar-refractivity contribution in [2.24, 2.45) is 41.4 Å². The van der Waals surface area contributed by atoms with E-state index >= 15 is 0 Å². The van der Waals surface area contributed by atoms with E-state index in [4.69, 9.17) is 0 Å². The van der Waals surface area contributed by atoms with Crippen molar-refractivity contribution < 1.29 is 14.4 Å². The van der Waals surface area contributed by atoms with Crippen molar-refractivity contribution in [1.29, 1.82) is 0 Å². The van der Waals surface area contributed by atoms with Crippen LogP contribution in [0.1, 0.15) is 65.2 Å². The predicted octanol–water partition coefficient (Wildman–Crippen LogP) is 3.29. The largest absolute Gasteiger partial charge is 0.351 e. The van der Waals surface area contributed by atoms with Crippen molar-refractivity contribution in [2.75, 3.05) is 0 Å². The first-order chi connectivity index (χ1) is 13.9.